The van der Waals surface area contributed by atoms with Crippen LogP contribution >= 0.6 is 0 Å². The molecule has 1 aromatic carbocycles. The predicted molar refractivity (Wildman–Crippen MR) is 78.4 cm³/mol. The Balaban J connectivity index is 2.01. The molecule has 1 aliphatic rings. The monoisotopic (exact) mass is 260 g/mol. The summed E-state index contributed by atoms with van der Waals surface area (Å²) in [6.45, 7) is 8.26. The van der Waals surface area contributed by atoms with Crippen LogP contribution < -0.4 is 10.6 Å². The van der Waals surface area contributed by atoms with Crippen molar-refractivity contribution in [2.75, 3.05) is 13.1 Å². The topological polar surface area (TPSA) is 41.1 Å². The highest BCUT2D eigenvalue weighted by Gasteiger charge is 2.22. The standard InChI is InChI=1S/C16H24N2O/c1-11-4-5-12(2)15(10-11)16(19)18-13(3)14-6-8-17-9-7-14/h4-5,10,13-14,17H,6-9H2,1-3H3,(H,18,19). The van der Waals surface area contributed by atoms with Crippen LogP contribution in [0, 0.1) is 19.8 Å². The van der Waals surface area contributed by atoms with Crippen molar-refractivity contribution in [1.29, 1.82) is 0 Å². The van der Waals surface area contributed by atoms with Crippen LogP contribution in [0.3, 0.4) is 0 Å². The Kier molecular flexibility index (Phi) is 4.59. The number of hydrogen-bond donors (Lipinski definition) is 2. The highest BCUT2D eigenvalue weighted by Crippen LogP contribution is 2.17. The summed E-state index contributed by atoms with van der Waals surface area (Å²) in [6.07, 6.45) is 2.29. The van der Waals surface area contributed by atoms with Crippen molar-refractivity contribution < 1.29 is 4.79 Å². The van der Waals surface area contributed by atoms with Gasteiger partial charge in [-0.2, -0.15) is 0 Å². The van der Waals surface area contributed by atoms with Gasteiger partial charge in [0.05, 0.1) is 0 Å². The fourth-order valence-corrected chi connectivity index (χ4v) is 2.73. The normalized spacial score (nSPS) is 18.1. The average Bonchev–Trinajstić information content (AvgIpc) is 2.42. The summed E-state index contributed by atoms with van der Waals surface area (Å²) < 4.78 is 0. The van der Waals surface area contributed by atoms with Crippen molar-refractivity contribution in [3.05, 3.63) is 34.9 Å². The molecule has 104 valence electrons. The van der Waals surface area contributed by atoms with Gasteiger partial charge in [0.25, 0.3) is 5.91 Å². The van der Waals surface area contributed by atoms with Crippen LogP contribution in [0.2, 0.25) is 0 Å². The largest absolute Gasteiger partial charge is 0.349 e. The number of nitrogens with one attached hydrogen (secondary N) is 2. The van der Waals surface area contributed by atoms with Gasteiger partial charge in [-0.1, -0.05) is 17.7 Å². The molecule has 3 nitrogen and oxygen atoms in total. The van der Waals surface area contributed by atoms with Gasteiger partial charge in [-0.3, -0.25) is 4.79 Å². The van der Waals surface area contributed by atoms with Crippen LogP contribution in [-0.4, -0.2) is 25.0 Å². The Bertz CT molecular complexity index is 450. The lowest BCUT2D eigenvalue weighted by atomic mass is 9.91. The summed E-state index contributed by atoms with van der Waals surface area (Å²) in [6, 6.07) is 6.27. The second-order valence-electron chi connectivity index (χ2n) is 5.67. The third-order valence-electron chi connectivity index (χ3n) is 4.09. The molecule has 1 amide bonds. The molecule has 0 saturated carbocycles. The van der Waals surface area contributed by atoms with E-state index in [2.05, 4.69) is 17.6 Å². The minimum absolute atomic E-state index is 0.0623. The summed E-state index contributed by atoms with van der Waals surface area (Å²) in [5, 5.41) is 6.53. The summed E-state index contributed by atoms with van der Waals surface area (Å²) in [4.78, 5) is 12.3. The fourth-order valence-electron chi connectivity index (χ4n) is 2.73. The number of rotatable bonds is 3. The fraction of sp³-hybridized carbons (Fsp3) is 0.562. The van der Waals surface area contributed by atoms with Gasteiger partial charge in [-0.05, 0) is 64.3 Å². The number of aryl methyl sites for hydroxylation is 2. The maximum Gasteiger partial charge on any atom is 0.251 e. The molecular weight excluding hydrogens is 236 g/mol. The Hall–Kier alpha value is -1.35. The highest BCUT2D eigenvalue weighted by molar-refractivity contribution is 5.96. The van der Waals surface area contributed by atoms with Crippen molar-refractivity contribution in [3.8, 4) is 0 Å². The van der Waals surface area contributed by atoms with Gasteiger partial charge in [0.15, 0.2) is 0 Å². The van der Waals surface area contributed by atoms with Crippen LogP contribution in [-0.2, 0) is 0 Å². The number of amides is 1. The van der Waals surface area contributed by atoms with E-state index in [0.29, 0.717) is 5.92 Å². The van der Waals surface area contributed by atoms with Gasteiger partial charge in [0, 0.05) is 11.6 Å². The van der Waals surface area contributed by atoms with Gasteiger partial charge in [-0.25, -0.2) is 0 Å². The number of benzene rings is 1. The smallest absolute Gasteiger partial charge is 0.251 e. The first-order valence-corrected chi connectivity index (χ1v) is 7.17. The number of piperidine rings is 1. The Morgan fingerprint density at radius 2 is 2.00 bits per heavy atom. The van der Waals surface area contributed by atoms with Crippen LogP contribution in [0.4, 0.5) is 0 Å². The summed E-state index contributed by atoms with van der Waals surface area (Å²) in [5.41, 5.74) is 2.98. The SMILES string of the molecule is Cc1ccc(C)c(C(=O)NC(C)C2CCNCC2)c1. The molecule has 1 aliphatic heterocycles. The van der Waals surface area contributed by atoms with E-state index in [-0.39, 0.29) is 11.9 Å². The second kappa shape index (κ2) is 6.20. The van der Waals surface area contributed by atoms with E-state index < -0.39 is 0 Å². The third kappa shape index (κ3) is 3.57. The lowest BCUT2D eigenvalue weighted by Gasteiger charge is -2.29. The molecule has 1 saturated heterocycles. The van der Waals surface area contributed by atoms with Crippen molar-refractivity contribution in [1.82, 2.24) is 10.6 Å². The zero-order valence-corrected chi connectivity index (χ0v) is 12.1. The zero-order valence-electron chi connectivity index (χ0n) is 12.1. The van der Waals surface area contributed by atoms with E-state index in [1.807, 2.05) is 32.0 Å². The molecule has 19 heavy (non-hydrogen) atoms. The van der Waals surface area contributed by atoms with Crippen molar-refractivity contribution in [3.63, 3.8) is 0 Å². The first-order chi connectivity index (χ1) is 9.08. The molecule has 1 fully saturated rings. The Morgan fingerprint density at radius 3 is 2.68 bits per heavy atom. The molecule has 0 spiro atoms. The van der Waals surface area contributed by atoms with E-state index in [9.17, 15) is 4.79 Å². The van der Waals surface area contributed by atoms with Gasteiger partial charge in [-0.15, -0.1) is 0 Å². The Labute approximate surface area is 115 Å². The molecule has 0 aromatic heterocycles. The number of hydrogen-bond acceptors (Lipinski definition) is 2. The van der Waals surface area contributed by atoms with E-state index in [0.717, 1.165) is 42.6 Å². The van der Waals surface area contributed by atoms with Crippen molar-refractivity contribution in [2.45, 2.75) is 39.7 Å². The molecular formula is C16H24N2O. The van der Waals surface area contributed by atoms with Crippen LogP contribution in [0.25, 0.3) is 0 Å². The van der Waals surface area contributed by atoms with E-state index in [4.69, 9.17) is 0 Å². The van der Waals surface area contributed by atoms with Gasteiger partial charge in [0.1, 0.15) is 0 Å². The van der Waals surface area contributed by atoms with Gasteiger partial charge < -0.3 is 10.6 Å². The lowest BCUT2D eigenvalue weighted by Crippen LogP contribution is -2.42. The predicted octanol–water partition coefficient (Wildman–Crippen LogP) is 2.42. The minimum Gasteiger partial charge on any atom is -0.349 e. The van der Waals surface area contributed by atoms with E-state index in [1.165, 1.54) is 0 Å². The maximum absolute atomic E-state index is 12.3. The number of carbonyl (C=O) groups is 1. The summed E-state index contributed by atoms with van der Waals surface area (Å²) >= 11 is 0. The molecule has 0 aliphatic carbocycles. The van der Waals surface area contributed by atoms with Crippen LogP contribution in [0.5, 0.6) is 0 Å². The molecule has 1 unspecified atom stereocenters. The first-order valence-electron chi connectivity index (χ1n) is 7.17. The molecule has 1 atom stereocenters. The number of carbonyl (C=O) groups excluding carboxylic acids is 1. The van der Waals surface area contributed by atoms with Gasteiger partial charge in [0.2, 0.25) is 0 Å². The molecule has 0 bridgehead atoms. The van der Waals surface area contributed by atoms with Crippen LogP contribution in [0.15, 0.2) is 18.2 Å². The maximum atomic E-state index is 12.3. The Morgan fingerprint density at radius 1 is 1.32 bits per heavy atom. The summed E-state index contributed by atoms with van der Waals surface area (Å²) in [5.74, 6) is 0.655. The molecule has 2 N–H and O–H groups in total. The second-order valence-corrected chi connectivity index (χ2v) is 5.67. The van der Waals surface area contributed by atoms with Crippen molar-refractivity contribution in [2.24, 2.45) is 5.92 Å². The minimum atomic E-state index is 0.0623. The van der Waals surface area contributed by atoms with Crippen molar-refractivity contribution >= 4 is 5.91 Å². The molecule has 1 aromatic rings. The molecule has 3 heteroatoms. The average molecular weight is 260 g/mol. The zero-order chi connectivity index (χ0) is 13.8. The highest BCUT2D eigenvalue weighted by atomic mass is 16.1. The van der Waals surface area contributed by atoms with E-state index in [1.54, 1.807) is 0 Å². The molecule has 2 rings (SSSR count). The third-order valence-corrected chi connectivity index (χ3v) is 4.09. The first kappa shape index (κ1) is 14.1. The summed E-state index contributed by atoms with van der Waals surface area (Å²) in [7, 11) is 0. The molecule has 0 radical (unpaired) electrons. The van der Waals surface area contributed by atoms with Crippen LogP contribution in [0.1, 0.15) is 41.3 Å². The quantitative estimate of drug-likeness (QED) is 0.876. The lowest BCUT2D eigenvalue weighted by molar-refractivity contribution is 0.0920. The van der Waals surface area contributed by atoms with E-state index >= 15 is 0 Å². The molecule has 1 heterocycles. The van der Waals surface area contributed by atoms with Gasteiger partial charge >= 0.3 is 0 Å².